The highest BCUT2D eigenvalue weighted by molar-refractivity contribution is 5.97. The van der Waals surface area contributed by atoms with Crippen molar-refractivity contribution in [1.29, 1.82) is 0 Å². The Morgan fingerprint density at radius 2 is 1.95 bits per heavy atom. The fourth-order valence-electron chi connectivity index (χ4n) is 7.54. The zero-order valence-electron chi connectivity index (χ0n) is 23.2. The number of fused-ring (bicyclic) bond motifs is 1. The SMILES string of the molecule is CC(C)CC1C(CC(=O)c2nc3ccccc3n2CCCC2CC2)[C@]12CNC[C@H](C(=O)N1CCOCC1)C2. The van der Waals surface area contributed by atoms with Gasteiger partial charge in [0.2, 0.25) is 5.91 Å². The molecule has 206 valence electrons. The first-order valence-corrected chi connectivity index (χ1v) is 15.0. The second-order valence-corrected chi connectivity index (χ2v) is 12.8. The van der Waals surface area contributed by atoms with Crippen LogP contribution in [0.25, 0.3) is 11.0 Å². The van der Waals surface area contributed by atoms with Crippen LogP contribution in [0, 0.1) is 35.0 Å². The van der Waals surface area contributed by atoms with Crippen LogP contribution in [0.1, 0.15) is 69.4 Å². The highest BCUT2D eigenvalue weighted by atomic mass is 16.5. The van der Waals surface area contributed by atoms with Gasteiger partial charge >= 0.3 is 0 Å². The average Bonchev–Trinajstić information content (AvgIpc) is 3.81. The monoisotopic (exact) mass is 520 g/mol. The quantitative estimate of drug-likeness (QED) is 0.465. The first-order chi connectivity index (χ1) is 18.5. The number of Topliss-reactive ketones (excluding diaryl/α,β-unsaturated/α-hetero) is 1. The van der Waals surface area contributed by atoms with Gasteiger partial charge in [0, 0.05) is 39.1 Å². The standard InChI is InChI=1S/C31H44N4O3/c1-21(2)16-24-25(31(24)18-23(19-32-20-31)30(37)34-12-14-38-15-13-34)17-28(36)29-33-26-7-3-4-8-27(26)35(29)11-5-6-22-9-10-22/h3-4,7-8,21-25,32H,5-6,9-20H2,1-2H3/t23-,24?,25?,31-/m1/s1. The smallest absolute Gasteiger partial charge is 0.227 e. The molecule has 6 rings (SSSR count). The normalized spacial score (nSPS) is 29.3. The van der Waals surface area contributed by atoms with Crippen molar-refractivity contribution in [3.63, 3.8) is 0 Å². The second-order valence-electron chi connectivity index (χ2n) is 12.8. The van der Waals surface area contributed by atoms with Crippen LogP contribution in [0.4, 0.5) is 0 Å². The molecule has 7 nitrogen and oxygen atoms in total. The summed E-state index contributed by atoms with van der Waals surface area (Å²) in [6.45, 7) is 9.70. The summed E-state index contributed by atoms with van der Waals surface area (Å²) in [5, 5.41) is 3.62. The van der Waals surface area contributed by atoms with Crippen LogP contribution in [0.3, 0.4) is 0 Å². The van der Waals surface area contributed by atoms with Gasteiger partial charge in [-0.05, 0) is 66.9 Å². The molecule has 1 amide bonds. The van der Waals surface area contributed by atoms with Crippen molar-refractivity contribution in [2.75, 3.05) is 39.4 Å². The molecule has 3 heterocycles. The summed E-state index contributed by atoms with van der Waals surface area (Å²) in [5.41, 5.74) is 2.03. The number of imidazole rings is 1. The number of ketones is 1. The fraction of sp³-hybridized carbons (Fsp3) is 0.710. The number of rotatable bonds is 10. The van der Waals surface area contributed by atoms with E-state index in [-0.39, 0.29) is 23.0 Å². The van der Waals surface area contributed by atoms with E-state index in [1.165, 1.54) is 19.3 Å². The molecule has 1 aromatic carbocycles. The third-order valence-electron chi connectivity index (χ3n) is 9.72. The van der Waals surface area contributed by atoms with E-state index in [2.05, 4.69) is 29.8 Å². The van der Waals surface area contributed by atoms with Gasteiger partial charge in [0.15, 0.2) is 11.6 Å². The van der Waals surface area contributed by atoms with Crippen molar-refractivity contribution in [1.82, 2.24) is 19.8 Å². The number of aromatic nitrogens is 2. The first-order valence-electron chi connectivity index (χ1n) is 15.0. The van der Waals surface area contributed by atoms with E-state index in [0.29, 0.717) is 56.3 Å². The lowest BCUT2D eigenvalue weighted by molar-refractivity contribution is -0.141. The van der Waals surface area contributed by atoms with Gasteiger partial charge in [-0.2, -0.15) is 0 Å². The Labute approximate surface area is 226 Å². The Morgan fingerprint density at radius 3 is 2.71 bits per heavy atom. The summed E-state index contributed by atoms with van der Waals surface area (Å²) in [7, 11) is 0. The van der Waals surface area contributed by atoms with Crippen molar-refractivity contribution < 1.29 is 14.3 Å². The minimum atomic E-state index is -0.0105. The van der Waals surface area contributed by atoms with E-state index >= 15 is 0 Å². The van der Waals surface area contributed by atoms with Crippen molar-refractivity contribution in [2.24, 2.45) is 35.0 Å². The van der Waals surface area contributed by atoms with E-state index in [0.717, 1.165) is 55.8 Å². The zero-order chi connectivity index (χ0) is 26.3. The number of para-hydroxylation sites is 2. The molecule has 4 aliphatic rings. The van der Waals surface area contributed by atoms with Crippen LogP contribution in [0.2, 0.25) is 0 Å². The Morgan fingerprint density at radius 1 is 1.16 bits per heavy atom. The molecule has 2 saturated heterocycles. The summed E-state index contributed by atoms with van der Waals surface area (Å²) in [6, 6.07) is 8.18. The highest BCUT2D eigenvalue weighted by Crippen LogP contribution is 2.66. The number of nitrogens with one attached hydrogen (secondary N) is 1. The van der Waals surface area contributed by atoms with Gasteiger partial charge < -0.3 is 19.5 Å². The van der Waals surface area contributed by atoms with Gasteiger partial charge in [-0.25, -0.2) is 4.98 Å². The van der Waals surface area contributed by atoms with E-state index < -0.39 is 0 Å². The molecule has 1 aromatic heterocycles. The van der Waals surface area contributed by atoms with E-state index in [1.807, 2.05) is 23.1 Å². The molecule has 2 aliphatic carbocycles. The molecule has 2 saturated carbocycles. The van der Waals surface area contributed by atoms with Crippen LogP contribution in [-0.2, 0) is 16.1 Å². The maximum absolute atomic E-state index is 13.9. The highest BCUT2D eigenvalue weighted by Gasteiger charge is 2.65. The number of piperidine rings is 1. The number of carbonyl (C=O) groups excluding carboxylic acids is 2. The van der Waals surface area contributed by atoms with Gasteiger partial charge in [-0.1, -0.05) is 38.8 Å². The maximum Gasteiger partial charge on any atom is 0.227 e. The number of hydrogen-bond acceptors (Lipinski definition) is 5. The van der Waals surface area contributed by atoms with Crippen LogP contribution in [-0.4, -0.2) is 65.5 Å². The van der Waals surface area contributed by atoms with Gasteiger partial charge in [0.1, 0.15) is 0 Å². The summed E-state index contributed by atoms with van der Waals surface area (Å²) in [5.74, 6) is 3.30. The molecule has 0 bridgehead atoms. The molecular formula is C31H44N4O3. The minimum absolute atomic E-state index is 0.0105. The second kappa shape index (κ2) is 10.7. The zero-order valence-corrected chi connectivity index (χ0v) is 23.2. The number of aryl methyl sites for hydroxylation is 1. The van der Waals surface area contributed by atoms with E-state index in [4.69, 9.17) is 9.72 Å². The summed E-state index contributed by atoms with van der Waals surface area (Å²) in [4.78, 5) is 34.2. The predicted molar refractivity (Wildman–Crippen MR) is 148 cm³/mol. The molecule has 1 spiro atoms. The lowest BCUT2D eigenvalue weighted by Gasteiger charge is -2.36. The number of ether oxygens (including phenoxy) is 1. The van der Waals surface area contributed by atoms with Crippen LogP contribution < -0.4 is 5.32 Å². The largest absolute Gasteiger partial charge is 0.378 e. The van der Waals surface area contributed by atoms with Crippen LogP contribution >= 0.6 is 0 Å². The molecule has 0 radical (unpaired) electrons. The number of morpholine rings is 1. The predicted octanol–water partition coefficient (Wildman–Crippen LogP) is 4.55. The molecular weight excluding hydrogens is 476 g/mol. The van der Waals surface area contributed by atoms with Crippen molar-refractivity contribution >= 4 is 22.7 Å². The third kappa shape index (κ3) is 5.16. The Kier molecular flexibility index (Phi) is 7.34. The third-order valence-corrected chi connectivity index (χ3v) is 9.72. The molecule has 2 aliphatic heterocycles. The molecule has 2 aromatic rings. The van der Waals surface area contributed by atoms with Crippen molar-refractivity contribution in [3.8, 4) is 0 Å². The van der Waals surface area contributed by atoms with Crippen molar-refractivity contribution in [3.05, 3.63) is 30.1 Å². The van der Waals surface area contributed by atoms with E-state index in [1.54, 1.807) is 0 Å². The van der Waals surface area contributed by atoms with Crippen LogP contribution in [0.15, 0.2) is 24.3 Å². The van der Waals surface area contributed by atoms with Gasteiger partial charge in [0.25, 0.3) is 0 Å². The minimum Gasteiger partial charge on any atom is -0.378 e. The topological polar surface area (TPSA) is 76.5 Å². The first kappa shape index (κ1) is 26.0. The number of carbonyl (C=O) groups is 2. The Hall–Kier alpha value is -2.25. The average molecular weight is 521 g/mol. The number of benzene rings is 1. The summed E-state index contributed by atoms with van der Waals surface area (Å²) < 4.78 is 7.66. The molecule has 4 fully saturated rings. The molecule has 4 atom stereocenters. The molecule has 1 N–H and O–H groups in total. The molecule has 7 heteroatoms. The van der Waals surface area contributed by atoms with Gasteiger partial charge in [0.05, 0.1) is 30.2 Å². The number of nitrogens with zero attached hydrogens (tertiary/aromatic N) is 3. The van der Waals surface area contributed by atoms with Gasteiger partial charge in [-0.15, -0.1) is 0 Å². The molecule has 38 heavy (non-hydrogen) atoms. The number of amides is 1. The van der Waals surface area contributed by atoms with Gasteiger partial charge in [-0.3, -0.25) is 9.59 Å². The lowest BCUT2D eigenvalue weighted by atomic mass is 9.82. The summed E-state index contributed by atoms with van der Waals surface area (Å²) >= 11 is 0. The fourth-order valence-corrected chi connectivity index (χ4v) is 7.54. The lowest BCUT2D eigenvalue weighted by Crippen LogP contribution is -2.50. The Balaban J connectivity index is 1.20. The summed E-state index contributed by atoms with van der Waals surface area (Å²) in [6.07, 6.45) is 7.60. The van der Waals surface area contributed by atoms with Crippen LogP contribution in [0.5, 0.6) is 0 Å². The molecule has 2 unspecified atom stereocenters. The van der Waals surface area contributed by atoms with Crippen molar-refractivity contribution in [2.45, 2.75) is 65.3 Å². The maximum atomic E-state index is 13.9. The number of hydrogen-bond donors (Lipinski definition) is 1. The van der Waals surface area contributed by atoms with E-state index in [9.17, 15) is 9.59 Å². The Bertz CT molecular complexity index is 1170.